The molecule has 4 aromatic carbocycles. The van der Waals surface area contributed by atoms with E-state index < -0.39 is 15.4 Å². The number of sulfone groups is 1. The summed E-state index contributed by atoms with van der Waals surface area (Å²) in [5.41, 5.74) is 2.51. The molecular weight excluding hydrogens is 683 g/mol. The lowest BCUT2D eigenvalue weighted by Gasteiger charge is -2.47. The van der Waals surface area contributed by atoms with Crippen molar-refractivity contribution in [2.24, 2.45) is 0 Å². The van der Waals surface area contributed by atoms with Crippen LogP contribution in [0.15, 0.2) is 119 Å². The van der Waals surface area contributed by atoms with E-state index in [1.54, 1.807) is 66.6 Å². The van der Waals surface area contributed by atoms with Crippen molar-refractivity contribution in [3.8, 4) is 5.75 Å². The normalized spacial score (nSPS) is 15.6. The molecule has 52 heavy (non-hydrogen) atoms. The molecule has 0 atom stereocenters. The predicted molar refractivity (Wildman–Crippen MR) is 196 cm³/mol. The standard InChI is InChI=1S/C38H39N7O6S/c1-49-33-24-29(44-20-18-38(19-21-44)26-45(22-23-51-38)37(46)50-25-28-10-4-2-5-11-28)16-17-31(33)41-35-39-27-40-36(43-35)42-32-14-8-9-15-34(32)52(47,48)30-12-6-3-7-13-30/h2-17,24,27H,18-23,25-26H2,1H3,(H2,39,40,41,42,43). The second-order valence-corrected chi connectivity index (χ2v) is 14.5. The van der Waals surface area contributed by atoms with Gasteiger partial charge in [0.05, 0.1) is 47.0 Å². The Hall–Kier alpha value is -5.73. The number of methoxy groups -OCH3 is 1. The van der Waals surface area contributed by atoms with E-state index in [9.17, 15) is 13.2 Å². The third-order valence-electron chi connectivity index (χ3n) is 9.23. The minimum Gasteiger partial charge on any atom is -0.494 e. The number of rotatable bonds is 10. The number of piperidine rings is 1. The zero-order chi connectivity index (χ0) is 36.0. The highest BCUT2D eigenvalue weighted by Crippen LogP contribution is 2.36. The van der Waals surface area contributed by atoms with Crippen LogP contribution in [-0.4, -0.2) is 79.9 Å². The fourth-order valence-electron chi connectivity index (χ4n) is 6.45. The Bertz CT molecular complexity index is 2110. The van der Waals surface area contributed by atoms with Crippen LogP contribution in [0.3, 0.4) is 0 Å². The van der Waals surface area contributed by atoms with Gasteiger partial charge >= 0.3 is 6.09 Å². The summed E-state index contributed by atoms with van der Waals surface area (Å²) in [6.45, 7) is 3.21. The van der Waals surface area contributed by atoms with Crippen molar-refractivity contribution in [1.82, 2.24) is 19.9 Å². The highest BCUT2D eigenvalue weighted by molar-refractivity contribution is 7.91. The minimum atomic E-state index is -3.79. The highest BCUT2D eigenvalue weighted by atomic mass is 32.2. The van der Waals surface area contributed by atoms with E-state index in [0.717, 1.165) is 37.2 Å². The number of para-hydroxylation sites is 1. The van der Waals surface area contributed by atoms with Gasteiger partial charge < -0.3 is 34.6 Å². The highest BCUT2D eigenvalue weighted by Gasteiger charge is 2.41. The molecule has 2 saturated heterocycles. The first-order chi connectivity index (χ1) is 25.3. The van der Waals surface area contributed by atoms with E-state index in [0.29, 0.717) is 36.8 Å². The number of benzene rings is 4. The van der Waals surface area contributed by atoms with Gasteiger partial charge in [0.1, 0.15) is 18.7 Å². The molecule has 1 amide bonds. The van der Waals surface area contributed by atoms with Crippen LogP contribution in [0.5, 0.6) is 5.75 Å². The number of carbonyl (C=O) groups is 1. The summed E-state index contributed by atoms with van der Waals surface area (Å²) in [6.07, 6.45) is 2.54. The molecule has 0 saturated carbocycles. The van der Waals surface area contributed by atoms with Gasteiger partial charge in [-0.2, -0.15) is 4.98 Å². The van der Waals surface area contributed by atoms with E-state index in [4.69, 9.17) is 14.2 Å². The van der Waals surface area contributed by atoms with Gasteiger partial charge in [-0.25, -0.2) is 23.2 Å². The lowest BCUT2D eigenvalue weighted by Crippen LogP contribution is -2.58. The summed E-state index contributed by atoms with van der Waals surface area (Å²) < 4.78 is 44.4. The number of hydrogen-bond acceptors (Lipinski definition) is 12. The van der Waals surface area contributed by atoms with E-state index in [1.807, 2.05) is 48.5 Å². The summed E-state index contributed by atoms with van der Waals surface area (Å²) in [5, 5.41) is 6.24. The van der Waals surface area contributed by atoms with Crippen molar-refractivity contribution >= 4 is 44.9 Å². The Morgan fingerprint density at radius 2 is 1.52 bits per heavy atom. The molecule has 14 heteroatoms. The molecule has 2 fully saturated rings. The first-order valence-corrected chi connectivity index (χ1v) is 18.5. The SMILES string of the molecule is COc1cc(N2CCC3(CC2)CN(C(=O)OCc2ccccc2)CCO3)ccc1Nc1ncnc(Nc2ccccc2S(=O)(=O)c2ccccc2)n1. The van der Waals surface area contributed by atoms with Crippen LogP contribution in [0.2, 0.25) is 0 Å². The Kier molecular flexibility index (Phi) is 10.2. The lowest BCUT2D eigenvalue weighted by atomic mass is 9.89. The molecular formula is C38H39N7O6S. The van der Waals surface area contributed by atoms with Gasteiger partial charge in [0, 0.05) is 31.4 Å². The van der Waals surface area contributed by atoms with Crippen molar-refractivity contribution in [2.75, 3.05) is 55.4 Å². The number of anilines is 5. The minimum absolute atomic E-state index is 0.103. The Balaban J connectivity index is 0.985. The molecule has 0 aliphatic carbocycles. The van der Waals surface area contributed by atoms with Crippen LogP contribution in [-0.2, 0) is 25.9 Å². The zero-order valence-corrected chi connectivity index (χ0v) is 29.5. The molecule has 2 aliphatic rings. The number of amides is 1. The largest absolute Gasteiger partial charge is 0.494 e. The first-order valence-electron chi connectivity index (χ1n) is 17.0. The van der Waals surface area contributed by atoms with Gasteiger partial charge in [-0.3, -0.25) is 0 Å². The lowest BCUT2D eigenvalue weighted by molar-refractivity contribution is -0.115. The number of nitrogens with one attached hydrogen (secondary N) is 2. The van der Waals surface area contributed by atoms with Crippen LogP contribution in [0, 0.1) is 0 Å². The fraction of sp³-hybridized carbons (Fsp3) is 0.263. The van der Waals surface area contributed by atoms with Crippen molar-refractivity contribution in [3.05, 3.63) is 115 Å². The van der Waals surface area contributed by atoms with Crippen molar-refractivity contribution in [1.29, 1.82) is 0 Å². The maximum atomic E-state index is 13.4. The van der Waals surface area contributed by atoms with Gasteiger partial charge in [-0.15, -0.1) is 0 Å². The molecule has 1 spiro atoms. The molecule has 0 unspecified atom stereocenters. The molecule has 5 aromatic rings. The fourth-order valence-corrected chi connectivity index (χ4v) is 7.89. The third-order valence-corrected chi connectivity index (χ3v) is 11.1. The molecule has 7 rings (SSSR count). The predicted octanol–water partition coefficient (Wildman–Crippen LogP) is 6.21. The van der Waals surface area contributed by atoms with Gasteiger partial charge in [-0.1, -0.05) is 60.7 Å². The zero-order valence-electron chi connectivity index (χ0n) is 28.6. The molecule has 0 bridgehead atoms. The summed E-state index contributed by atoms with van der Waals surface area (Å²) in [7, 11) is -2.20. The smallest absolute Gasteiger partial charge is 0.410 e. The molecule has 1 aromatic heterocycles. The maximum Gasteiger partial charge on any atom is 0.410 e. The van der Waals surface area contributed by atoms with Crippen LogP contribution < -0.4 is 20.3 Å². The van der Waals surface area contributed by atoms with Crippen molar-refractivity contribution in [3.63, 3.8) is 0 Å². The number of aromatic nitrogens is 3. The van der Waals surface area contributed by atoms with Gasteiger partial charge in [0.15, 0.2) is 0 Å². The quantitative estimate of drug-likeness (QED) is 0.169. The first kappa shape index (κ1) is 34.7. The topological polar surface area (TPSA) is 148 Å². The van der Waals surface area contributed by atoms with Gasteiger partial charge in [-0.05, 0) is 54.8 Å². The third kappa shape index (κ3) is 7.77. The van der Waals surface area contributed by atoms with Crippen LogP contribution in [0.1, 0.15) is 18.4 Å². The Labute approximate surface area is 302 Å². The molecule has 268 valence electrons. The molecule has 0 radical (unpaired) electrons. The summed E-state index contributed by atoms with van der Waals surface area (Å²) >= 11 is 0. The van der Waals surface area contributed by atoms with Gasteiger partial charge in [0.2, 0.25) is 21.7 Å². The molecule has 2 aliphatic heterocycles. The average Bonchev–Trinajstić information content (AvgIpc) is 3.18. The van der Waals surface area contributed by atoms with Crippen molar-refractivity contribution < 1.29 is 27.4 Å². The Morgan fingerprint density at radius 3 is 2.25 bits per heavy atom. The van der Waals surface area contributed by atoms with Gasteiger partial charge in [0.25, 0.3) is 0 Å². The van der Waals surface area contributed by atoms with Crippen LogP contribution in [0.25, 0.3) is 0 Å². The second kappa shape index (κ2) is 15.3. The van der Waals surface area contributed by atoms with Crippen LogP contribution >= 0.6 is 0 Å². The van der Waals surface area contributed by atoms with Crippen LogP contribution in [0.4, 0.5) is 33.8 Å². The second-order valence-electron chi connectivity index (χ2n) is 12.6. The molecule has 13 nitrogen and oxygen atoms in total. The monoisotopic (exact) mass is 721 g/mol. The van der Waals surface area contributed by atoms with E-state index in [1.165, 1.54) is 6.33 Å². The number of hydrogen-bond donors (Lipinski definition) is 2. The number of carbonyl (C=O) groups excluding carboxylic acids is 1. The number of nitrogens with zero attached hydrogens (tertiary/aromatic N) is 5. The van der Waals surface area contributed by atoms with E-state index in [2.05, 4.69) is 30.5 Å². The van der Waals surface area contributed by atoms with E-state index in [-0.39, 0.29) is 34.4 Å². The molecule has 3 heterocycles. The number of morpholine rings is 1. The summed E-state index contributed by atoms with van der Waals surface area (Å²) in [4.78, 5) is 30.2. The summed E-state index contributed by atoms with van der Waals surface area (Å²) in [6, 6.07) is 30.4. The molecule has 2 N–H and O–H groups in total. The van der Waals surface area contributed by atoms with E-state index >= 15 is 0 Å². The maximum absolute atomic E-state index is 13.4. The number of ether oxygens (including phenoxy) is 3. The average molecular weight is 722 g/mol. The Morgan fingerprint density at radius 1 is 0.846 bits per heavy atom. The van der Waals surface area contributed by atoms with Crippen molar-refractivity contribution in [2.45, 2.75) is 34.8 Å². The summed E-state index contributed by atoms with van der Waals surface area (Å²) in [5.74, 6) is 1.00.